The first-order valence-corrected chi connectivity index (χ1v) is 9.71. The van der Waals surface area contributed by atoms with Crippen molar-refractivity contribution in [2.45, 2.75) is 33.4 Å². The molecule has 1 aromatic heterocycles. The number of pyridine rings is 1. The van der Waals surface area contributed by atoms with Crippen LogP contribution in [0.15, 0.2) is 59.4 Å². The zero-order valence-corrected chi connectivity index (χ0v) is 17.3. The Balaban J connectivity index is 1.69. The van der Waals surface area contributed by atoms with Crippen molar-refractivity contribution in [2.24, 2.45) is 0 Å². The van der Waals surface area contributed by atoms with Gasteiger partial charge in [-0.3, -0.25) is 9.59 Å². The Labute approximate surface area is 174 Å². The van der Waals surface area contributed by atoms with Gasteiger partial charge in [0.05, 0.1) is 0 Å². The van der Waals surface area contributed by atoms with Gasteiger partial charge in [0.2, 0.25) is 0 Å². The molecule has 0 radical (unpaired) electrons. The number of nitrogens with one attached hydrogen (secondary N) is 2. The smallest absolute Gasteiger partial charge is 0.253 e. The van der Waals surface area contributed by atoms with Gasteiger partial charge in [0.25, 0.3) is 11.5 Å². The average Bonchev–Trinajstić information content (AvgIpc) is 2.67. The van der Waals surface area contributed by atoms with E-state index >= 15 is 0 Å². The summed E-state index contributed by atoms with van der Waals surface area (Å²) < 4.78 is 5.90. The lowest BCUT2D eigenvalue weighted by Gasteiger charge is -2.17. The summed E-state index contributed by atoms with van der Waals surface area (Å²) in [6.07, 6.45) is -0.268. The van der Waals surface area contributed by atoms with E-state index in [0.29, 0.717) is 16.1 Å². The molecular weight excluding hydrogens is 388 g/mol. The molecule has 1 heterocycles. The van der Waals surface area contributed by atoms with Crippen LogP contribution in [0.4, 0.5) is 0 Å². The van der Waals surface area contributed by atoms with Gasteiger partial charge in [-0.2, -0.15) is 0 Å². The lowest BCUT2D eigenvalue weighted by atomic mass is 10.1. The molecule has 0 saturated heterocycles. The van der Waals surface area contributed by atoms with Gasteiger partial charge in [-0.15, -0.1) is 0 Å². The zero-order chi connectivity index (χ0) is 21.0. The highest BCUT2D eigenvalue weighted by Gasteiger charge is 2.15. The fourth-order valence-corrected chi connectivity index (χ4v) is 3.47. The van der Waals surface area contributed by atoms with Gasteiger partial charge >= 0.3 is 0 Å². The van der Waals surface area contributed by atoms with Crippen molar-refractivity contribution >= 4 is 17.5 Å². The summed E-state index contributed by atoms with van der Waals surface area (Å²) >= 11 is 6.40. The van der Waals surface area contributed by atoms with Gasteiger partial charge < -0.3 is 15.0 Å². The maximum absolute atomic E-state index is 12.5. The van der Waals surface area contributed by atoms with Gasteiger partial charge in [-0.25, -0.2) is 0 Å². The third-order valence-corrected chi connectivity index (χ3v) is 5.00. The molecule has 0 saturated carbocycles. The van der Waals surface area contributed by atoms with E-state index in [1.165, 1.54) is 0 Å². The van der Waals surface area contributed by atoms with E-state index in [4.69, 9.17) is 16.3 Å². The molecule has 1 amide bonds. The molecular formula is C23H23ClN2O3. The maximum atomic E-state index is 12.5. The average molecular weight is 411 g/mol. The summed E-state index contributed by atoms with van der Waals surface area (Å²) in [7, 11) is 0. The molecule has 2 aromatic carbocycles. The summed E-state index contributed by atoms with van der Waals surface area (Å²) in [5, 5.41) is 3.23. The highest BCUT2D eigenvalue weighted by atomic mass is 35.5. The second-order valence-corrected chi connectivity index (χ2v) is 7.34. The Bertz CT molecular complexity index is 1080. The Morgan fingerprint density at radius 3 is 2.52 bits per heavy atom. The molecule has 5 nitrogen and oxygen atoms in total. The fourth-order valence-electron chi connectivity index (χ4n) is 3.14. The Hall–Kier alpha value is -3.05. The van der Waals surface area contributed by atoms with Crippen molar-refractivity contribution in [3.63, 3.8) is 0 Å². The topological polar surface area (TPSA) is 71.2 Å². The monoisotopic (exact) mass is 410 g/mol. The van der Waals surface area contributed by atoms with Crippen LogP contribution in [0, 0.1) is 13.8 Å². The number of amides is 1. The van der Waals surface area contributed by atoms with Crippen molar-refractivity contribution in [3.05, 3.63) is 97.9 Å². The van der Waals surface area contributed by atoms with Gasteiger partial charge in [0, 0.05) is 34.0 Å². The number of benzene rings is 2. The predicted molar refractivity (Wildman–Crippen MR) is 115 cm³/mol. The van der Waals surface area contributed by atoms with Crippen LogP contribution in [0.2, 0.25) is 5.02 Å². The molecule has 0 aliphatic heterocycles. The number of aromatic amines is 1. The van der Waals surface area contributed by atoms with Crippen molar-refractivity contribution in [3.8, 4) is 5.75 Å². The number of H-pyrrole nitrogens is 1. The highest BCUT2D eigenvalue weighted by molar-refractivity contribution is 6.31. The number of carbonyl (C=O) groups excluding carboxylic acids is 1. The van der Waals surface area contributed by atoms with Crippen LogP contribution in [0.25, 0.3) is 0 Å². The lowest BCUT2D eigenvalue weighted by molar-refractivity contribution is 0.0950. The number of halogens is 1. The number of hydrogen-bond acceptors (Lipinski definition) is 3. The summed E-state index contributed by atoms with van der Waals surface area (Å²) in [5.41, 5.74) is 3.19. The molecule has 0 aliphatic carbocycles. The van der Waals surface area contributed by atoms with Gasteiger partial charge in [0.1, 0.15) is 11.9 Å². The molecule has 6 heteroatoms. The molecule has 0 bridgehead atoms. The second-order valence-electron chi connectivity index (χ2n) is 6.94. The Morgan fingerprint density at radius 1 is 1.14 bits per heavy atom. The third-order valence-electron chi connectivity index (χ3n) is 4.68. The predicted octanol–water partition coefficient (Wildman–Crippen LogP) is 4.72. The number of ether oxygens (including phenoxy) is 1. The minimum atomic E-state index is -0.297. The lowest BCUT2D eigenvalue weighted by Crippen LogP contribution is -2.28. The van der Waals surface area contributed by atoms with Crippen LogP contribution in [-0.4, -0.2) is 10.9 Å². The maximum Gasteiger partial charge on any atom is 0.253 e. The molecule has 2 N–H and O–H groups in total. The minimum absolute atomic E-state index is 0.146. The first kappa shape index (κ1) is 20.7. The van der Waals surface area contributed by atoms with Crippen LogP contribution < -0.4 is 15.6 Å². The molecule has 3 aromatic rings. The zero-order valence-electron chi connectivity index (χ0n) is 16.6. The first-order chi connectivity index (χ1) is 13.8. The number of aromatic nitrogens is 1. The third kappa shape index (κ3) is 5.06. The van der Waals surface area contributed by atoms with E-state index in [0.717, 1.165) is 22.6 Å². The quantitative estimate of drug-likeness (QED) is 0.617. The summed E-state index contributed by atoms with van der Waals surface area (Å²) in [6, 6.07) is 16.5. The van der Waals surface area contributed by atoms with E-state index in [1.807, 2.05) is 57.2 Å². The molecule has 0 aliphatic rings. The minimum Gasteiger partial charge on any atom is -0.486 e. The highest BCUT2D eigenvalue weighted by Crippen LogP contribution is 2.28. The van der Waals surface area contributed by atoms with Crippen LogP contribution in [0.5, 0.6) is 5.75 Å². The molecule has 150 valence electrons. The molecule has 0 fully saturated rings. The van der Waals surface area contributed by atoms with Crippen molar-refractivity contribution in [2.75, 3.05) is 0 Å². The standard InChI is InChI=1S/C23H23ClN2O3/c1-14-11-15(2)26-23(28)20(14)13-25-22(27)17-9-10-19(21(24)12-17)16(3)29-18-7-5-4-6-8-18/h4-12,16H,13H2,1-3H3,(H,25,27)(H,26,28)/t16-/m0/s1. The van der Waals surface area contributed by atoms with Gasteiger partial charge in [-0.05, 0) is 56.7 Å². The molecule has 29 heavy (non-hydrogen) atoms. The Morgan fingerprint density at radius 2 is 1.86 bits per heavy atom. The van der Waals surface area contributed by atoms with Crippen molar-refractivity contribution < 1.29 is 9.53 Å². The molecule has 3 rings (SSSR count). The van der Waals surface area contributed by atoms with E-state index in [1.54, 1.807) is 18.2 Å². The normalized spacial score (nSPS) is 11.7. The van der Waals surface area contributed by atoms with Crippen LogP contribution in [0.1, 0.15) is 45.8 Å². The number of rotatable bonds is 6. The first-order valence-electron chi connectivity index (χ1n) is 9.34. The van der Waals surface area contributed by atoms with E-state index in [9.17, 15) is 9.59 Å². The Kier molecular flexibility index (Phi) is 6.39. The SMILES string of the molecule is Cc1cc(C)c(CNC(=O)c2ccc([C@H](C)Oc3ccccc3)c(Cl)c2)c(=O)[nH]1. The molecule has 1 atom stereocenters. The van der Waals surface area contributed by atoms with E-state index in [2.05, 4.69) is 10.3 Å². The molecule has 0 unspecified atom stereocenters. The van der Waals surface area contributed by atoms with Crippen LogP contribution in [-0.2, 0) is 6.54 Å². The van der Waals surface area contributed by atoms with Crippen LogP contribution >= 0.6 is 11.6 Å². The van der Waals surface area contributed by atoms with Crippen molar-refractivity contribution in [1.82, 2.24) is 10.3 Å². The summed E-state index contributed by atoms with van der Waals surface area (Å²) in [4.78, 5) is 27.4. The van der Waals surface area contributed by atoms with Crippen LogP contribution in [0.3, 0.4) is 0 Å². The summed E-state index contributed by atoms with van der Waals surface area (Å²) in [6.45, 7) is 5.72. The van der Waals surface area contributed by atoms with E-state index in [-0.39, 0.29) is 24.1 Å². The molecule has 0 spiro atoms. The largest absolute Gasteiger partial charge is 0.486 e. The number of para-hydroxylation sites is 1. The number of aryl methyl sites for hydroxylation is 2. The number of carbonyl (C=O) groups is 1. The fraction of sp³-hybridized carbons (Fsp3) is 0.217. The number of hydrogen-bond donors (Lipinski definition) is 2. The summed E-state index contributed by atoms with van der Waals surface area (Å²) in [5.74, 6) is 0.450. The van der Waals surface area contributed by atoms with Gasteiger partial charge in [-0.1, -0.05) is 35.9 Å². The van der Waals surface area contributed by atoms with E-state index < -0.39 is 0 Å². The van der Waals surface area contributed by atoms with Gasteiger partial charge in [0.15, 0.2) is 0 Å². The van der Waals surface area contributed by atoms with Crippen molar-refractivity contribution in [1.29, 1.82) is 0 Å². The second kappa shape index (κ2) is 8.97.